The molecule has 1 N–H and O–H groups in total. The zero-order valence-electron chi connectivity index (χ0n) is 11.0. The summed E-state index contributed by atoms with van der Waals surface area (Å²) in [5.74, 6) is -0.0856. The number of amides is 1. The van der Waals surface area contributed by atoms with E-state index < -0.39 is 0 Å². The Bertz CT molecular complexity index is 755. The van der Waals surface area contributed by atoms with Crippen LogP contribution in [0.15, 0.2) is 30.9 Å². The van der Waals surface area contributed by atoms with Crippen LogP contribution in [0.3, 0.4) is 0 Å². The highest BCUT2D eigenvalue weighted by atomic mass is 35.5. The molecular formula is C13H12ClN5OS. The SMILES string of the molecule is O=C(CCCn1ccnc1)Nc1c(Cl)ccc2nsnc12. The summed E-state index contributed by atoms with van der Waals surface area (Å²) in [4.78, 5) is 16.0. The summed E-state index contributed by atoms with van der Waals surface area (Å²) in [6, 6.07) is 3.50. The number of hydrogen-bond acceptors (Lipinski definition) is 5. The van der Waals surface area contributed by atoms with Gasteiger partial charge in [-0.05, 0) is 18.6 Å². The number of anilines is 1. The Morgan fingerprint density at radius 1 is 1.38 bits per heavy atom. The van der Waals surface area contributed by atoms with E-state index in [0.717, 1.165) is 30.2 Å². The van der Waals surface area contributed by atoms with E-state index in [1.165, 1.54) is 0 Å². The van der Waals surface area contributed by atoms with E-state index in [2.05, 4.69) is 19.0 Å². The molecule has 0 saturated carbocycles. The highest BCUT2D eigenvalue weighted by Gasteiger charge is 2.12. The van der Waals surface area contributed by atoms with E-state index in [1.54, 1.807) is 24.7 Å². The lowest BCUT2D eigenvalue weighted by molar-refractivity contribution is -0.116. The van der Waals surface area contributed by atoms with Gasteiger partial charge in [0, 0.05) is 25.4 Å². The fraction of sp³-hybridized carbons (Fsp3) is 0.231. The molecule has 0 unspecified atom stereocenters. The molecule has 2 aromatic heterocycles. The number of aryl methyl sites for hydroxylation is 1. The van der Waals surface area contributed by atoms with Crippen LogP contribution in [0.1, 0.15) is 12.8 Å². The minimum atomic E-state index is -0.0856. The Labute approximate surface area is 130 Å². The predicted octanol–water partition coefficient (Wildman–Crippen LogP) is 2.96. The minimum Gasteiger partial charge on any atom is -0.337 e. The summed E-state index contributed by atoms with van der Waals surface area (Å²) in [5.41, 5.74) is 1.91. The number of carbonyl (C=O) groups excluding carboxylic acids is 1. The van der Waals surface area contributed by atoms with Gasteiger partial charge in [-0.3, -0.25) is 4.79 Å². The Kier molecular flexibility index (Phi) is 4.12. The van der Waals surface area contributed by atoms with Gasteiger partial charge in [0.1, 0.15) is 11.0 Å². The van der Waals surface area contributed by atoms with Crippen LogP contribution in [0, 0.1) is 0 Å². The third-order valence-corrected chi connectivity index (χ3v) is 3.88. The molecule has 6 nitrogen and oxygen atoms in total. The number of rotatable bonds is 5. The van der Waals surface area contributed by atoms with Crippen molar-refractivity contribution in [1.82, 2.24) is 18.3 Å². The van der Waals surface area contributed by atoms with Crippen LogP contribution in [0.25, 0.3) is 11.0 Å². The first-order chi connectivity index (χ1) is 10.2. The average Bonchev–Trinajstić information content (AvgIpc) is 3.13. The van der Waals surface area contributed by atoms with Crippen molar-refractivity contribution in [1.29, 1.82) is 0 Å². The molecule has 0 radical (unpaired) electrons. The molecule has 0 aliphatic heterocycles. The van der Waals surface area contributed by atoms with Crippen molar-refractivity contribution in [3.05, 3.63) is 35.9 Å². The number of carbonyl (C=O) groups is 1. The number of halogens is 1. The van der Waals surface area contributed by atoms with Crippen LogP contribution in [-0.2, 0) is 11.3 Å². The van der Waals surface area contributed by atoms with Gasteiger partial charge in [0.25, 0.3) is 0 Å². The second-order valence-electron chi connectivity index (χ2n) is 4.51. The largest absolute Gasteiger partial charge is 0.337 e. The number of benzene rings is 1. The Hall–Kier alpha value is -1.99. The molecule has 21 heavy (non-hydrogen) atoms. The smallest absolute Gasteiger partial charge is 0.224 e. The van der Waals surface area contributed by atoms with Crippen molar-refractivity contribution in [2.75, 3.05) is 5.32 Å². The molecule has 0 aliphatic carbocycles. The molecular weight excluding hydrogens is 310 g/mol. The van der Waals surface area contributed by atoms with E-state index in [9.17, 15) is 4.79 Å². The van der Waals surface area contributed by atoms with Crippen LogP contribution >= 0.6 is 23.3 Å². The topological polar surface area (TPSA) is 72.7 Å². The number of nitrogens with zero attached hydrogens (tertiary/aromatic N) is 4. The predicted molar refractivity (Wildman–Crippen MR) is 82.5 cm³/mol. The molecule has 8 heteroatoms. The zero-order chi connectivity index (χ0) is 14.7. The van der Waals surface area contributed by atoms with Crippen LogP contribution < -0.4 is 5.32 Å². The molecule has 1 aromatic carbocycles. The zero-order valence-corrected chi connectivity index (χ0v) is 12.6. The molecule has 0 fully saturated rings. The van der Waals surface area contributed by atoms with Gasteiger partial charge in [0.15, 0.2) is 0 Å². The molecule has 2 heterocycles. The Morgan fingerprint density at radius 3 is 3.10 bits per heavy atom. The monoisotopic (exact) mass is 321 g/mol. The van der Waals surface area contributed by atoms with E-state index in [-0.39, 0.29) is 5.91 Å². The maximum atomic E-state index is 12.0. The van der Waals surface area contributed by atoms with E-state index >= 15 is 0 Å². The van der Waals surface area contributed by atoms with Crippen LogP contribution in [0.4, 0.5) is 5.69 Å². The summed E-state index contributed by atoms with van der Waals surface area (Å²) in [6.07, 6.45) is 6.45. The third-order valence-electron chi connectivity index (χ3n) is 3.02. The van der Waals surface area contributed by atoms with Crippen LogP contribution in [-0.4, -0.2) is 24.2 Å². The van der Waals surface area contributed by atoms with Crippen LogP contribution in [0.2, 0.25) is 5.02 Å². The molecule has 3 rings (SSSR count). The number of fused-ring (bicyclic) bond motifs is 1. The first-order valence-corrected chi connectivity index (χ1v) is 7.51. The lowest BCUT2D eigenvalue weighted by Gasteiger charge is -2.07. The van der Waals surface area contributed by atoms with E-state index in [4.69, 9.17) is 11.6 Å². The van der Waals surface area contributed by atoms with E-state index in [1.807, 2.05) is 10.8 Å². The normalized spacial score (nSPS) is 10.9. The van der Waals surface area contributed by atoms with Gasteiger partial charge in [-0.25, -0.2) is 4.98 Å². The molecule has 0 atom stereocenters. The van der Waals surface area contributed by atoms with Crippen molar-refractivity contribution in [2.24, 2.45) is 0 Å². The number of nitrogens with one attached hydrogen (secondary N) is 1. The Balaban J connectivity index is 1.63. The molecule has 108 valence electrons. The molecule has 0 spiro atoms. The van der Waals surface area contributed by atoms with Crippen LogP contribution in [0.5, 0.6) is 0 Å². The van der Waals surface area contributed by atoms with Gasteiger partial charge in [-0.15, -0.1) is 0 Å². The average molecular weight is 322 g/mol. The van der Waals surface area contributed by atoms with Gasteiger partial charge < -0.3 is 9.88 Å². The second-order valence-corrected chi connectivity index (χ2v) is 5.44. The third kappa shape index (κ3) is 3.20. The number of imidazole rings is 1. The quantitative estimate of drug-likeness (QED) is 0.784. The molecule has 1 amide bonds. The maximum Gasteiger partial charge on any atom is 0.224 e. The lowest BCUT2D eigenvalue weighted by Crippen LogP contribution is -2.13. The fourth-order valence-corrected chi connectivity index (χ4v) is 2.73. The van der Waals surface area contributed by atoms with Gasteiger partial charge in [-0.1, -0.05) is 11.6 Å². The number of hydrogen-bond donors (Lipinski definition) is 1. The summed E-state index contributed by atoms with van der Waals surface area (Å²) in [5, 5.41) is 3.30. The minimum absolute atomic E-state index is 0.0856. The van der Waals surface area contributed by atoms with Crippen molar-refractivity contribution < 1.29 is 4.79 Å². The summed E-state index contributed by atoms with van der Waals surface area (Å²) >= 11 is 7.23. The van der Waals surface area contributed by atoms with Crippen molar-refractivity contribution in [2.45, 2.75) is 19.4 Å². The summed E-state index contributed by atoms with van der Waals surface area (Å²) < 4.78 is 10.2. The highest BCUT2D eigenvalue weighted by molar-refractivity contribution is 7.00. The highest BCUT2D eigenvalue weighted by Crippen LogP contribution is 2.30. The molecule has 0 aliphatic rings. The summed E-state index contributed by atoms with van der Waals surface area (Å²) in [6.45, 7) is 0.754. The first-order valence-electron chi connectivity index (χ1n) is 6.40. The fourth-order valence-electron chi connectivity index (χ4n) is 1.99. The molecule has 0 bridgehead atoms. The van der Waals surface area contributed by atoms with Gasteiger partial charge in [0.05, 0.1) is 28.8 Å². The van der Waals surface area contributed by atoms with Crippen molar-refractivity contribution in [3.63, 3.8) is 0 Å². The maximum absolute atomic E-state index is 12.0. The number of aromatic nitrogens is 4. The van der Waals surface area contributed by atoms with E-state index in [0.29, 0.717) is 22.6 Å². The molecule has 0 saturated heterocycles. The van der Waals surface area contributed by atoms with Gasteiger partial charge in [-0.2, -0.15) is 8.75 Å². The lowest BCUT2D eigenvalue weighted by atomic mass is 10.2. The van der Waals surface area contributed by atoms with Gasteiger partial charge in [0.2, 0.25) is 5.91 Å². The molecule has 3 aromatic rings. The van der Waals surface area contributed by atoms with Crippen molar-refractivity contribution in [3.8, 4) is 0 Å². The first kappa shape index (κ1) is 14.0. The van der Waals surface area contributed by atoms with Crippen molar-refractivity contribution >= 4 is 46.0 Å². The second kappa shape index (κ2) is 6.19. The van der Waals surface area contributed by atoms with Gasteiger partial charge >= 0.3 is 0 Å². The Morgan fingerprint density at radius 2 is 2.29 bits per heavy atom. The summed E-state index contributed by atoms with van der Waals surface area (Å²) in [7, 11) is 0. The standard InChI is InChI=1S/C13H12ClN5OS/c14-9-3-4-10-13(18-21-17-10)12(9)16-11(20)2-1-6-19-7-5-15-8-19/h3-5,7-8H,1-2,6H2,(H,16,20).